The molecule has 5 nitrogen and oxygen atoms in total. The van der Waals surface area contributed by atoms with Gasteiger partial charge in [0.25, 0.3) is 5.91 Å². The van der Waals surface area contributed by atoms with Gasteiger partial charge in [0, 0.05) is 32.4 Å². The minimum atomic E-state index is 0.0207. The number of likely N-dealkylation sites (N-methyl/N-ethyl adjacent to an activating group) is 1. The van der Waals surface area contributed by atoms with Crippen molar-refractivity contribution in [3.8, 4) is 0 Å². The van der Waals surface area contributed by atoms with Crippen LogP contribution < -0.4 is 5.73 Å². The predicted octanol–water partition coefficient (Wildman–Crippen LogP) is 1.98. The third kappa shape index (κ3) is 4.28. The van der Waals surface area contributed by atoms with Gasteiger partial charge in [-0.15, -0.1) is 0 Å². The van der Waals surface area contributed by atoms with Gasteiger partial charge in [-0.1, -0.05) is 6.92 Å². The van der Waals surface area contributed by atoms with E-state index in [0.29, 0.717) is 37.7 Å². The molecule has 0 aliphatic rings. The number of nitrogens with two attached hydrogens (primary N) is 1. The summed E-state index contributed by atoms with van der Waals surface area (Å²) in [7, 11) is 0. The summed E-state index contributed by atoms with van der Waals surface area (Å²) in [6.45, 7) is 9.33. The van der Waals surface area contributed by atoms with E-state index in [4.69, 9.17) is 10.5 Å². The molecule has 1 heterocycles. The van der Waals surface area contributed by atoms with E-state index in [2.05, 4.69) is 6.92 Å². The molecule has 19 heavy (non-hydrogen) atoms. The second-order valence-corrected chi connectivity index (χ2v) is 4.43. The van der Waals surface area contributed by atoms with Crippen molar-refractivity contribution in [3.05, 3.63) is 18.0 Å². The summed E-state index contributed by atoms with van der Waals surface area (Å²) in [4.78, 5) is 14.3. The lowest BCUT2D eigenvalue weighted by molar-refractivity contribution is 0.0659. The summed E-state index contributed by atoms with van der Waals surface area (Å²) in [6, 6.07) is 1.75. The summed E-state index contributed by atoms with van der Waals surface area (Å²) < 4.78 is 7.24. The van der Waals surface area contributed by atoms with Crippen molar-refractivity contribution in [2.45, 2.75) is 33.7 Å². The van der Waals surface area contributed by atoms with E-state index >= 15 is 0 Å². The SMILES string of the molecule is CCCn1cc(N)cc1C(=O)N(CC)CCOCC. The number of nitrogen functional groups attached to an aromatic ring is 1. The Labute approximate surface area is 115 Å². The van der Waals surface area contributed by atoms with Gasteiger partial charge in [-0.3, -0.25) is 4.79 Å². The lowest BCUT2D eigenvalue weighted by atomic mass is 10.3. The van der Waals surface area contributed by atoms with Gasteiger partial charge in [0.05, 0.1) is 12.3 Å². The number of amides is 1. The Balaban J connectivity index is 2.78. The molecule has 0 unspecified atom stereocenters. The fourth-order valence-electron chi connectivity index (χ4n) is 2.02. The average molecular weight is 267 g/mol. The van der Waals surface area contributed by atoms with Gasteiger partial charge < -0.3 is 19.9 Å². The van der Waals surface area contributed by atoms with Crippen molar-refractivity contribution >= 4 is 11.6 Å². The second kappa shape index (κ2) is 7.84. The monoisotopic (exact) mass is 267 g/mol. The van der Waals surface area contributed by atoms with Gasteiger partial charge in [0.15, 0.2) is 0 Å². The van der Waals surface area contributed by atoms with Crippen LogP contribution >= 0.6 is 0 Å². The molecule has 0 aromatic carbocycles. The molecule has 1 amide bonds. The number of aryl methyl sites for hydroxylation is 1. The first-order valence-corrected chi connectivity index (χ1v) is 6.96. The molecule has 0 radical (unpaired) electrons. The minimum Gasteiger partial charge on any atom is -0.397 e. The zero-order valence-corrected chi connectivity index (χ0v) is 12.2. The zero-order chi connectivity index (χ0) is 14.3. The third-order valence-corrected chi connectivity index (χ3v) is 2.98. The van der Waals surface area contributed by atoms with Crippen LogP contribution in [0.25, 0.3) is 0 Å². The van der Waals surface area contributed by atoms with Crippen molar-refractivity contribution in [3.63, 3.8) is 0 Å². The first-order chi connectivity index (χ1) is 9.13. The van der Waals surface area contributed by atoms with E-state index in [0.717, 1.165) is 13.0 Å². The Morgan fingerprint density at radius 2 is 2.16 bits per heavy atom. The van der Waals surface area contributed by atoms with Gasteiger partial charge in [0.2, 0.25) is 0 Å². The number of nitrogens with zero attached hydrogens (tertiary/aromatic N) is 2. The highest BCUT2D eigenvalue weighted by molar-refractivity contribution is 5.93. The van der Waals surface area contributed by atoms with E-state index < -0.39 is 0 Å². The van der Waals surface area contributed by atoms with E-state index in [1.165, 1.54) is 0 Å². The molecule has 0 saturated heterocycles. The van der Waals surface area contributed by atoms with Crippen LogP contribution in [0.3, 0.4) is 0 Å². The van der Waals surface area contributed by atoms with Crippen molar-refractivity contribution in [2.75, 3.05) is 32.0 Å². The molecule has 108 valence electrons. The molecular formula is C14H25N3O2. The number of anilines is 1. The molecule has 0 spiro atoms. The Kier molecular flexibility index (Phi) is 6.42. The van der Waals surface area contributed by atoms with Gasteiger partial charge in [0.1, 0.15) is 5.69 Å². The first-order valence-electron chi connectivity index (χ1n) is 6.96. The van der Waals surface area contributed by atoms with Crippen molar-refractivity contribution in [2.24, 2.45) is 0 Å². The number of rotatable bonds is 8. The molecular weight excluding hydrogens is 242 g/mol. The topological polar surface area (TPSA) is 60.5 Å². The first kappa shape index (κ1) is 15.6. The number of hydrogen-bond donors (Lipinski definition) is 1. The highest BCUT2D eigenvalue weighted by Gasteiger charge is 2.18. The van der Waals surface area contributed by atoms with Crippen LogP contribution in [0, 0.1) is 0 Å². The fourth-order valence-corrected chi connectivity index (χ4v) is 2.02. The summed E-state index contributed by atoms with van der Waals surface area (Å²) >= 11 is 0. The van der Waals surface area contributed by atoms with E-state index in [1.807, 2.05) is 24.6 Å². The van der Waals surface area contributed by atoms with E-state index in [9.17, 15) is 4.79 Å². The van der Waals surface area contributed by atoms with Crippen LogP contribution in [0.4, 0.5) is 5.69 Å². The van der Waals surface area contributed by atoms with Crippen molar-refractivity contribution in [1.82, 2.24) is 9.47 Å². The molecule has 2 N–H and O–H groups in total. The number of carbonyl (C=O) groups excluding carboxylic acids is 1. The lowest BCUT2D eigenvalue weighted by Crippen LogP contribution is -2.35. The summed E-state index contributed by atoms with van der Waals surface area (Å²) in [5, 5.41) is 0. The maximum Gasteiger partial charge on any atom is 0.270 e. The molecule has 0 aliphatic heterocycles. The van der Waals surface area contributed by atoms with E-state index in [1.54, 1.807) is 11.0 Å². The molecule has 0 bridgehead atoms. The van der Waals surface area contributed by atoms with Gasteiger partial charge >= 0.3 is 0 Å². The maximum atomic E-state index is 12.5. The lowest BCUT2D eigenvalue weighted by Gasteiger charge is -2.21. The van der Waals surface area contributed by atoms with Gasteiger partial charge in [-0.25, -0.2) is 0 Å². The molecule has 1 rings (SSSR count). The highest BCUT2D eigenvalue weighted by atomic mass is 16.5. The number of ether oxygens (including phenoxy) is 1. The van der Waals surface area contributed by atoms with Crippen LogP contribution in [0.5, 0.6) is 0 Å². The minimum absolute atomic E-state index is 0.0207. The largest absolute Gasteiger partial charge is 0.397 e. The third-order valence-electron chi connectivity index (χ3n) is 2.98. The Morgan fingerprint density at radius 1 is 1.42 bits per heavy atom. The number of carbonyl (C=O) groups is 1. The molecule has 0 fully saturated rings. The van der Waals surface area contributed by atoms with Crippen LogP contribution in [0.2, 0.25) is 0 Å². The highest BCUT2D eigenvalue weighted by Crippen LogP contribution is 2.14. The second-order valence-electron chi connectivity index (χ2n) is 4.43. The Hall–Kier alpha value is -1.49. The summed E-state index contributed by atoms with van der Waals surface area (Å²) in [6.07, 6.45) is 2.80. The Bertz CT molecular complexity index is 401. The van der Waals surface area contributed by atoms with Crippen LogP contribution in [0.15, 0.2) is 12.3 Å². The standard InChI is InChI=1S/C14H25N3O2/c1-4-7-17-11-12(15)10-13(17)14(18)16(5-2)8-9-19-6-3/h10-11H,4-9,15H2,1-3H3. The van der Waals surface area contributed by atoms with Crippen LogP contribution in [-0.4, -0.2) is 41.7 Å². The molecule has 0 saturated carbocycles. The Morgan fingerprint density at radius 3 is 2.74 bits per heavy atom. The molecule has 1 aromatic heterocycles. The molecule has 1 aromatic rings. The van der Waals surface area contributed by atoms with Crippen LogP contribution in [-0.2, 0) is 11.3 Å². The summed E-state index contributed by atoms with van der Waals surface area (Å²) in [5.74, 6) is 0.0207. The maximum absolute atomic E-state index is 12.5. The number of hydrogen-bond acceptors (Lipinski definition) is 3. The smallest absolute Gasteiger partial charge is 0.270 e. The predicted molar refractivity (Wildman–Crippen MR) is 77.2 cm³/mol. The molecule has 0 aliphatic carbocycles. The van der Waals surface area contributed by atoms with Gasteiger partial charge in [-0.2, -0.15) is 0 Å². The quantitative estimate of drug-likeness (QED) is 0.733. The number of aromatic nitrogens is 1. The van der Waals surface area contributed by atoms with Gasteiger partial charge in [-0.05, 0) is 26.3 Å². The molecule has 5 heteroatoms. The van der Waals surface area contributed by atoms with Crippen molar-refractivity contribution < 1.29 is 9.53 Å². The zero-order valence-electron chi connectivity index (χ0n) is 12.2. The van der Waals surface area contributed by atoms with Crippen LogP contribution in [0.1, 0.15) is 37.7 Å². The van der Waals surface area contributed by atoms with Crippen molar-refractivity contribution in [1.29, 1.82) is 0 Å². The fraction of sp³-hybridized carbons (Fsp3) is 0.643. The normalized spacial score (nSPS) is 10.7. The van der Waals surface area contributed by atoms with E-state index in [-0.39, 0.29) is 5.91 Å². The average Bonchev–Trinajstić information content (AvgIpc) is 2.75. The summed E-state index contributed by atoms with van der Waals surface area (Å²) in [5.41, 5.74) is 7.10. The molecule has 0 atom stereocenters.